The fraction of sp³-hybridized carbons (Fsp3) is 0.280. The van der Waals surface area contributed by atoms with Crippen molar-refractivity contribution in [2.75, 3.05) is 9.80 Å². The zero-order chi connectivity index (χ0) is 49.1. The van der Waals surface area contributed by atoms with Gasteiger partial charge in [0.15, 0.2) is 23.0 Å². The molecule has 2 heterocycles. The van der Waals surface area contributed by atoms with Crippen LogP contribution in [-0.2, 0) is 19.1 Å². The van der Waals surface area contributed by atoms with Gasteiger partial charge in [-0.3, -0.25) is 0 Å². The van der Waals surface area contributed by atoms with Gasteiger partial charge < -0.3 is 40.0 Å². The number of nitrogens with zero attached hydrogens (tertiary/aromatic N) is 2. The average molecular weight is 1010 g/mol. The summed E-state index contributed by atoms with van der Waals surface area (Å²) < 4.78 is 103. The normalized spacial score (nSPS) is 21.7. The van der Waals surface area contributed by atoms with E-state index >= 15 is 0 Å². The SMILES string of the molecule is Cc1ccc(S(=O)(=O)Cl)cc1.N[C@@H]1CCC[C@H](N2c3ccccc3Oc3ccccc32)[C@H]1O.O=S(=O)(N[C@H]1CCC[C@@H](N2c3ccccc3Oc3ccccc32)[C@@H]1O)c1ccc(OC(F)(F)F)cc1. The maximum atomic E-state index is 13.0. The van der Waals surface area contributed by atoms with Crippen LogP contribution in [0, 0.1) is 6.92 Å². The standard InChI is InChI=1S/C25H23F3N2O5S.C18H20N2O2.C7H7ClO2S/c26-25(27,28)35-16-12-14-17(15-13-16)36(32,33)29-18-6-5-9-21(24(18)31)30-19-7-1-3-10-22(19)34-23-11-4-2-8-20(23)30;19-12-6-5-9-15(18(12)21)20-13-7-1-3-10-16(13)22-17-11-4-2-8-14(17)20;1-6-2-4-7(5-3-6)11(8,9)10/h1-4,7-8,10-15,18,21,24,29,31H,5-6,9H2;1-4,7-8,10-12,15,18,21H,5-6,9,19H2;2-5H,1H3/t18-,21+,24+;12-,15+,18+;/m01./s1. The molecule has 4 aliphatic rings. The van der Waals surface area contributed by atoms with Crippen molar-refractivity contribution >= 4 is 52.5 Å². The Morgan fingerprint density at radius 3 is 1.45 bits per heavy atom. The summed E-state index contributed by atoms with van der Waals surface area (Å²) in [5.74, 6) is 2.39. The summed E-state index contributed by atoms with van der Waals surface area (Å²) in [6.45, 7) is 1.88. The van der Waals surface area contributed by atoms with Crippen LogP contribution >= 0.6 is 10.7 Å². The number of aliphatic hydroxyl groups is 2. The Hall–Kier alpha value is -5.86. The molecule has 19 heteroatoms. The highest BCUT2D eigenvalue weighted by atomic mass is 35.7. The van der Waals surface area contributed by atoms with Crippen LogP contribution < -0.4 is 34.5 Å². The number of halogens is 4. The number of rotatable bonds is 7. The fourth-order valence-corrected chi connectivity index (χ4v) is 11.1. The highest BCUT2D eigenvalue weighted by Gasteiger charge is 2.42. The Labute approximate surface area is 403 Å². The molecule has 2 aliphatic carbocycles. The van der Waals surface area contributed by atoms with Gasteiger partial charge in [-0.25, -0.2) is 21.6 Å². The van der Waals surface area contributed by atoms with E-state index in [1.807, 2.05) is 109 Å². The van der Waals surface area contributed by atoms with Gasteiger partial charge in [-0.15, -0.1) is 13.2 Å². The lowest BCUT2D eigenvalue weighted by Gasteiger charge is -2.44. The molecule has 2 saturated carbocycles. The molecule has 0 bridgehead atoms. The van der Waals surface area contributed by atoms with Gasteiger partial charge in [-0.2, -0.15) is 0 Å². The van der Waals surface area contributed by atoms with E-state index in [-0.39, 0.29) is 21.9 Å². The summed E-state index contributed by atoms with van der Waals surface area (Å²) in [6.07, 6.45) is -1.97. The van der Waals surface area contributed by atoms with Gasteiger partial charge in [0, 0.05) is 16.7 Å². The third-order valence-electron chi connectivity index (χ3n) is 12.3. The van der Waals surface area contributed by atoms with Crippen LogP contribution in [0.4, 0.5) is 35.9 Å². The predicted octanol–water partition coefficient (Wildman–Crippen LogP) is 10.2. The Bertz CT molecular complexity index is 2880. The van der Waals surface area contributed by atoms with E-state index in [0.717, 1.165) is 83.3 Å². The molecule has 2 aliphatic heterocycles. The second-order valence-corrected chi connectivity index (χ2v) is 21.2. The van der Waals surface area contributed by atoms with Crippen molar-refractivity contribution in [1.29, 1.82) is 0 Å². The van der Waals surface area contributed by atoms with Gasteiger partial charge in [-0.05, 0) is 130 Å². The Morgan fingerprint density at radius 1 is 0.609 bits per heavy atom. The van der Waals surface area contributed by atoms with Crippen molar-refractivity contribution in [2.24, 2.45) is 5.73 Å². The number of fused-ring (bicyclic) bond motifs is 4. The molecular formula is C50H50ClF3N4O9S2. The maximum absolute atomic E-state index is 13.0. The molecule has 364 valence electrons. The number of nitrogens with two attached hydrogens (primary N) is 1. The van der Waals surface area contributed by atoms with Crippen LogP contribution in [0.3, 0.4) is 0 Å². The molecule has 0 radical (unpaired) electrons. The van der Waals surface area contributed by atoms with E-state index in [1.54, 1.807) is 12.1 Å². The minimum atomic E-state index is -4.88. The number of benzene rings is 6. The van der Waals surface area contributed by atoms with Crippen molar-refractivity contribution < 1.29 is 54.4 Å². The summed E-state index contributed by atoms with van der Waals surface area (Å²) >= 11 is 0. The van der Waals surface area contributed by atoms with Crippen molar-refractivity contribution in [3.63, 3.8) is 0 Å². The van der Waals surface area contributed by atoms with E-state index in [2.05, 4.69) is 14.4 Å². The molecule has 5 N–H and O–H groups in total. The number of hydrogen-bond acceptors (Lipinski definition) is 12. The average Bonchev–Trinajstić information content (AvgIpc) is 3.32. The fourth-order valence-electron chi connectivity index (χ4n) is 9.01. The number of alkyl halides is 3. The lowest BCUT2D eigenvalue weighted by atomic mass is 9.86. The van der Waals surface area contributed by atoms with Gasteiger partial charge in [-0.1, -0.05) is 66.2 Å². The Kier molecular flexibility index (Phi) is 14.8. The molecule has 0 amide bonds. The van der Waals surface area contributed by atoms with Crippen LogP contribution in [0.5, 0.6) is 28.7 Å². The number of ether oxygens (including phenoxy) is 3. The molecule has 6 aromatic rings. The highest BCUT2D eigenvalue weighted by molar-refractivity contribution is 8.13. The Balaban J connectivity index is 0.000000163. The van der Waals surface area contributed by atoms with Gasteiger partial charge in [0.25, 0.3) is 9.05 Å². The summed E-state index contributed by atoms with van der Waals surface area (Å²) in [4.78, 5) is 4.11. The first-order chi connectivity index (χ1) is 32.9. The predicted molar refractivity (Wildman–Crippen MR) is 257 cm³/mol. The minimum absolute atomic E-state index is 0.0186. The number of aryl methyl sites for hydroxylation is 1. The summed E-state index contributed by atoms with van der Waals surface area (Å²) in [5.41, 5.74) is 10.6. The van der Waals surface area contributed by atoms with Crippen molar-refractivity contribution in [2.45, 2.75) is 98.0 Å². The van der Waals surface area contributed by atoms with Crippen LogP contribution in [0.15, 0.2) is 155 Å². The number of para-hydroxylation sites is 8. The van der Waals surface area contributed by atoms with E-state index in [9.17, 15) is 40.2 Å². The number of anilines is 4. The molecule has 2 fully saturated rings. The van der Waals surface area contributed by atoms with Gasteiger partial charge in [0.1, 0.15) is 5.75 Å². The largest absolute Gasteiger partial charge is 0.573 e. The lowest BCUT2D eigenvalue weighted by molar-refractivity contribution is -0.274. The minimum Gasteiger partial charge on any atom is -0.453 e. The smallest absolute Gasteiger partial charge is 0.453 e. The third-order valence-corrected chi connectivity index (χ3v) is 15.1. The Morgan fingerprint density at radius 2 is 1.01 bits per heavy atom. The molecule has 0 unspecified atom stereocenters. The number of sulfonamides is 1. The second-order valence-electron chi connectivity index (χ2n) is 17.0. The third kappa shape index (κ3) is 11.4. The molecule has 6 aromatic carbocycles. The lowest BCUT2D eigenvalue weighted by Crippen LogP contribution is -2.56. The molecule has 0 spiro atoms. The molecular weight excluding hydrogens is 957 g/mol. The zero-order valence-corrected chi connectivity index (χ0v) is 39.5. The van der Waals surface area contributed by atoms with Gasteiger partial charge >= 0.3 is 6.36 Å². The molecule has 13 nitrogen and oxygen atoms in total. The van der Waals surface area contributed by atoms with Crippen LogP contribution in [0.2, 0.25) is 0 Å². The van der Waals surface area contributed by atoms with E-state index in [1.165, 1.54) is 12.1 Å². The monoisotopic (exact) mass is 1010 g/mol. The quantitative estimate of drug-likeness (QED) is 0.111. The van der Waals surface area contributed by atoms with Crippen molar-refractivity contribution in [3.8, 4) is 28.7 Å². The van der Waals surface area contributed by atoms with Crippen LogP contribution in [0.25, 0.3) is 0 Å². The summed E-state index contributed by atoms with van der Waals surface area (Å²) in [7, 11) is -2.58. The molecule has 0 saturated heterocycles. The topological polar surface area (TPSA) is 181 Å². The summed E-state index contributed by atoms with van der Waals surface area (Å²) in [6, 6.07) is 39.7. The zero-order valence-electron chi connectivity index (χ0n) is 37.1. The second kappa shape index (κ2) is 20.6. The maximum Gasteiger partial charge on any atom is 0.573 e. The molecule has 6 atom stereocenters. The highest BCUT2D eigenvalue weighted by Crippen LogP contribution is 2.50. The molecule has 10 rings (SSSR count). The van der Waals surface area contributed by atoms with Crippen LogP contribution in [0.1, 0.15) is 44.1 Å². The number of hydrogen-bond donors (Lipinski definition) is 4. The molecule has 69 heavy (non-hydrogen) atoms. The van der Waals surface area contributed by atoms with Gasteiger partial charge in [0.2, 0.25) is 10.0 Å². The van der Waals surface area contributed by atoms with E-state index < -0.39 is 55.5 Å². The first kappa shape index (κ1) is 49.6. The van der Waals surface area contributed by atoms with E-state index in [0.29, 0.717) is 30.8 Å². The van der Waals surface area contributed by atoms with Crippen molar-refractivity contribution in [1.82, 2.24) is 4.72 Å². The first-order valence-electron chi connectivity index (χ1n) is 22.2. The first-order valence-corrected chi connectivity index (χ1v) is 26.0. The summed E-state index contributed by atoms with van der Waals surface area (Å²) in [5, 5.41) is 22.0. The molecule has 0 aromatic heterocycles. The number of aliphatic hydroxyl groups excluding tert-OH is 2. The number of nitrogens with one attached hydrogen (secondary N) is 1. The van der Waals surface area contributed by atoms with Crippen molar-refractivity contribution in [3.05, 3.63) is 151 Å². The van der Waals surface area contributed by atoms with E-state index in [4.69, 9.17) is 25.9 Å². The van der Waals surface area contributed by atoms with Crippen LogP contribution in [-0.4, -0.2) is 69.8 Å². The van der Waals surface area contributed by atoms with Gasteiger partial charge in [0.05, 0.1) is 62.9 Å².